The number of carbonyl (C=O) groups excluding carboxylic acids is 2. The predicted molar refractivity (Wildman–Crippen MR) is 116 cm³/mol. The largest absolute Gasteiger partial charge is 0.491 e. The first-order chi connectivity index (χ1) is 15.1. The number of ether oxygens (including phenoxy) is 2. The summed E-state index contributed by atoms with van der Waals surface area (Å²) >= 11 is 0. The van der Waals surface area contributed by atoms with E-state index in [-0.39, 0.29) is 23.6 Å². The van der Waals surface area contributed by atoms with E-state index in [4.69, 9.17) is 9.47 Å². The monoisotopic (exact) mass is 427 g/mol. The summed E-state index contributed by atoms with van der Waals surface area (Å²) in [4.78, 5) is 24.6. The fourth-order valence-electron chi connectivity index (χ4n) is 3.22. The Kier molecular flexibility index (Phi) is 8.17. The van der Waals surface area contributed by atoms with Crippen LogP contribution in [0.5, 0.6) is 5.75 Å². The van der Waals surface area contributed by atoms with Crippen molar-refractivity contribution in [3.63, 3.8) is 0 Å². The van der Waals surface area contributed by atoms with Crippen LogP contribution in [0.15, 0.2) is 37.1 Å². The molecule has 2 heterocycles. The third-order valence-corrected chi connectivity index (χ3v) is 4.86. The Labute approximate surface area is 181 Å². The van der Waals surface area contributed by atoms with Crippen molar-refractivity contribution in [3.8, 4) is 11.4 Å². The third-order valence-electron chi connectivity index (χ3n) is 4.86. The molecule has 0 bridgehead atoms. The molecule has 31 heavy (non-hydrogen) atoms. The number of rotatable bonds is 11. The maximum Gasteiger partial charge on any atom is 0.273 e. The number of unbranched alkanes of at least 4 members (excludes halogenated alkanes) is 1. The van der Waals surface area contributed by atoms with Gasteiger partial charge in [-0.3, -0.25) is 9.59 Å². The number of benzene rings is 1. The molecule has 1 aromatic heterocycles. The van der Waals surface area contributed by atoms with Gasteiger partial charge in [0.15, 0.2) is 5.69 Å². The average molecular weight is 428 g/mol. The molecule has 1 atom stereocenters. The van der Waals surface area contributed by atoms with Crippen LogP contribution >= 0.6 is 0 Å². The Bertz CT molecular complexity index is 905. The summed E-state index contributed by atoms with van der Waals surface area (Å²) in [7, 11) is 0. The van der Waals surface area contributed by atoms with Gasteiger partial charge in [-0.2, -0.15) is 0 Å². The zero-order chi connectivity index (χ0) is 22.1. The van der Waals surface area contributed by atoms with Crippen LogP contribution in [-0.4, -0.2) is 59.2 Å². The SMILES string of the molecule is C=CCCCOc1cc(C(=O)NCC)ccc1-n1cc(C(=O)NCC2CCCO2)nn1. The predicted octanol–water partition coefficient (Wildman–Crippen LogP) is 2.27. The molecular weight excluding hydrogens is 398 g/mol. The molecule has 1 fully saturated rings. The van der Waals surface area contributed by atoms with Crippen LogP contribution in [0, 0.1) is 0 Å². The highest BCUT2D eigenvalue weighted by atomic mass is 16.5. The van der Waals surface area contributed by atoms with E-state index in [1.807, 2.05) is 13.0 Å². The molecule has 1 aromatic carbocycles. The second kappa shape index (κ2) is 11.3. The Morgan fingerprint density at radius 2 is 2.23 bits per heavy atom. The van der Waals surface area contributed by atoms with Gasteiger partial charge in [-0.25, -0.2) is 4.68 Å². The van der Waals surface area contributed by atoms with Crippen LogP contribution in [0.3, 0.4) is 0 Å². The minimum absolute atomic E-state index is 0.0522. The summed E-state index contributed by atoms with van der Waals surface area (Å²) in [5, 5.41) is 13.7. The molecule has 2 amide bonds. The smallest absolute Gasteiger partial charge is 0.273 e. The lowest BCUT2D eigenvalue weighted by Gasteiger charge is -2.13. The topological polar surface area (TPSA) is 107 Å². The van der Waals surface area contributed by atoms with Gasteiger partial charge >= 0.3 is 0 Å². The van der Waals surface area contributed by atoms with Crippen molar-refractivity contribution in [3.05, 3.63) is 48.3 Å². The Balaban J connectivity index is 1.75. The fraction of sp³-hybridized carbons (Fsp3) is 0.455. The van der Waals surface area contributed by atoms with Crippen molar-refractivity contribution >= 4 is 11.8 Å². The quantitative estimate of drug-likeness (QED) is 0.421. The van der Waals surface area contributed by atoms with Crippen LogP contribution in [0.25, 0.3) is 5.69 Å². The molecule has 9 heteroatoms. The minimum Gasteiger partial charge on any atom is -0.491 e. The van der Waals surface area contributed by atoms with Gasteiger partial charge in [-0.15, -0.1) is 11.7 Å². The van der Waals surface area contributed by atoms with Crippen molar-refractivity contribution in [2.45, 2.75) is 38.7 Å². The number of amides is 2. The zero-order valence-corrected chi connectivity index (χ0v) is 17.8. The van der Waals surface area contributed by atoms with Crippen molar-refractivity contribution < 1.29 is 19.1 Å². The number of aromatic nitrogens is 3. The lowest BCUT2D eigenvalue weighted by Crippen LogP contribution is -2.31. The second-order valence-corrected chi connectivity index (χ2v) is 7.21. The number of nitrogens with zero attached hydrogens (tertiary/aromatic N) is 3. The third kappa shape index (κ3) is 6.14. The van der Waals surface area contributed by atoms with E-state index in [0.717, 1.165) is 32.3 Å². The summed E-state index contributed by atoms with van der Waals surface area (Å²) in [6.07, 6.45) is 7.00. The Morgan fingerprint density at radius 1 is 1.35 bits per heavy atom. The van der Waals surface area contributed by atoms with Gasteiger partial charge in [0.1, 0.15) is 11.4 Å². The van der Waals surface area contributed by atoms with E-state index in [0.29, 0.717) is 36.7 Å². The lowest BCUT2D eigenvalue weighted by molar-refractivity contribution is 0.0853. The van der Waals surface area contributed by atoms with Crippen molar-refractivity contribution in [1.82, 2.24) is 25.6 Å². The Morgan fingerprint density at radius 3 is 2.97 bits per heavy atom. The summed E-state index contributed by atoms with van der Waals surface area (Å²) in [6.45, 7) is 7.75. The van der Waals surface area contributed by atoms with Crippen molar-refractivity contribution in [2.24, 2.45) is 0 Å². The molecule has 0 spiro atoms. The molecule has 2 aromatic rings. The van der Waals surface area contributed by atoms with E-state index >= 15 is 0 Å². The maximum atomic E-state index is 12.4. The lowest BCUT2D eigenvalue weighted by atomic mass is 10.1. The molecule has 1 aliphatic rings. The molecular formula is C22H29N5O4. The minimum atomic E-state index is -0.311. The van der Waals surface area contributed by atoms with Crippen LogP contribution in [-0.2, 0) is 4.74 Å². The maximum absolute atomic E-state index is 12.4. The summed E-state index contributed by atoms with van der Waals surface area (Å²) < 4.78 is 12.9. The summed E-state index contributed by atoms with van der Waals surface area (Å²) in [5.41, 5.74) is 1.28. The first-order valence-corrected chi connectivity index (χ1v) is 10.6. The normalized spacial score (nSPS) is 15.5. The van der Waals surface area contributed by atoms with Gasteiger partial charge in [-0.05, 0) is 50.8 Å². The van der Waals surface area contributed by atoms with Crippen LogP contribution < -0.4 is 15.4 Å². The summed E-state index contributed by atoms with van der Waals surface area (Å²) in [5.74, 6) is -0.00375. The molecule has 0 aliphatic carbocycles. The Hall–Kier alpha value is -3.20. The highest BCUT2D eigenvalue weighted by Crippen LogP contribution is 2.25. The van der Waals surface area contributed by atoms with Crippen LogP contribution in [0.2, 0.25) is 0 Å². The van der Waals surface area contributed by atoms with Gasteiger partial charge < -0.3 is 20.1 Å². The van der Waals surface area contributed by atoms with Crippen LogP contribution in [0.4, 0.5) is 0 Å². The average Bonchev–Trinajstić information content (AvgIpc) is 3.47. The molecule has 0 radical (unpaired) electrons. The molecule has 166 valence electrons. The van der Waals surface area contributed by atoms with E-state index in [1.165, 1.54) is 4.68 Å². The molecule has 3 rings (SSSR count). The zero-order valence-electron chi connectivity index (χ0n) is 17.8. The molecule has 0 saturated carbocycles. The first kappa shape index (κ1) is 22.5. The van der Waals surface area contributed by atoms with Gasteiger partial charge in [0.2, 0.25) is 0 Å². The molecule has 2 N–H and O–H groups in total. The second-order valence-electron chi connectivity index (χ2n) is 7.21. The summed E-state index contributed by atoms with van der Waals surface area (Å²) in [6, 6.07) is 5.10. The van der Waals surface area contributed by atoms with Gasteiger partial charge in [0, 0.05) is 25.3 Å². The highest BCUT2D eigenvalue weighted by molar-refractivity contribution is 5.95. The molecule has 1 unspecified atom stereocenters. The number of allylic oxidation sites excluding steroid dienone is 1. The first-order valence-electron chi connectivity index (χ1n) is 10.6. The van der Waals surface area contributed by atoms with Gasteiger partial charge in [0.25, 0.3) is 11.8 Å². The van der Waals surface area contributed by atoms with Gasteiger partial charge in [-0.1, -0.05) is 11.3 Å². The van der Waals surface area contributed by atoms with Gasteiger partial charge in [0.05, 0.1) is 18.9 Å². The van der Waals surface area contributed by atoms with E-state index < -0.39 is 0 Å². The van der Waals surface area contributed by atoms with E-state index in [2.05, 4.69) is 27.5 Å². The van der Waals surface area contributed by atoms with E-state index in [9.17, 15) is 9.59 Å². The van der Waals surface area contributed by atoms with E-state index in [1.54, 1.807) is 24.4 Å². The van der Waals surface area contributed by atoms with Crippen molar-refractivity contribution in [2.75, 3.05) is 26.3 Å². The van der Waals surface area contributed by atoms with Crippen LogP contribution in [0.1, 0.15) is 53.5 Å². The number of hydrogen-bond donors (Lipinski definition) is 2. The fourth-order valence-corrected chi connectivity index (χ4v) is 3.22. The molecule has 9 nitrogen and oxygen atoms in total. The molecule has 1 saturated heterocycles. The number of hydrogen-bond acceptors (Lipinski definition) is 6. The standard InChI is InChI=1S/C22H29N5O4/c1-3-5-6-11-31-20-13-16(21(28)23-4-2)9-10-19(20)27-15-18(25-26-27)22(29)24-14-17-8-7-12-30-17/h3,9-10,13,15,17H,1,4-8,11-12,14H2,2H3,(H,23,28)(H,24,29). The number of carbonyl (C=O) groups is 2. The van der Waals surface area contributed by atoms with Crippen molar-refractivity contribution in [1.29, 1.82) is 0 Å². The number of nitrogens with one attached hydrogen (secondary N) is 2. The molecule has 1 aliphatic heterocycles. The highest BCUT2D eigenvalue weighted by Gasteiger charge is 2.19.